The lowest BCUT2D eigenvalue weighted by molar-refractivity contribution is 0.00406. The van der Waals surface area contributed by atoms with Crippen LogP contribution >= 0.6 is 11.6 Å². The van der Waals surface area contributed by atoms with E-state index in [2.05, 4.69) is 20.6 Å². The summed E-state index contributed by atoms with van der Waals surface area (Å²) in [5.74, 6) is 1.01. The molecule has 4 heterocycles. The third-order valence-corrected chi connectivity index (χ3v) is 6.95. The summed E-state index contributed by atoms with van der Waals surface area (Å²) in [7, 11) is 1.57. The first-order valence-electron chi connectivity index (χ1n) is 12.4. The number of nitrogens with zero attached hydrogens (tertiary/aromatic N) is 1. The molecule has 0 unspecified atom stereocenters. The highest BCUT2D eigenvalue weighted by atomic mass is 35.5. The van der Waals surface area contributed by atoms with Crippen LogP contribution in [0.3, 0.4) is 0 Å². The summed E-state index contributed by atoms with van der Waals surface area (Å²) < 4.78 is 17.6. The standard InChI is InChI=1S/C27H31ClN4O4/c1-16-14-21-23(27(33)30-16)25(31-20-8-5-7-19(28)26(20)34-2)24(32-21)18-9-11-29-15-22(18)36-13-10-17-6-3-4-12-35-17/h5,7-9,11,15-17,31-32H,3-4,6,10,12-14H2,1-2H3,(H,30,33)/t16-,17-/m1/s1. The highest BCUT2D eigenvalue weighted by molar-refractivity contribution is 6.32. The Labute approximate surface area is 215 Å². The number of aromatic amines is 1. The largest absolute Gasteiger partial charge is 0.493 e. The fourth-order valence-corrected chi connectivity index (χ4v) is 5.17. The maximum Gasteiger partial charge on any atom is 0.255 e. The molecule has 1 fully saturated rings. The second-order valence-corrected chi connectivity index (χ2v) is 9.66. The zero-order chi connectivity index (χ0) is 25.1. The van der Waals surface area contributed by atoms with Crippen molar-refractivity contribution in [3.8, 4) is 22.8 Å². The first kappa shape index (κ1) is 24.5. The molecule has 0 radical (unpaired) electrons. The van der Waals surface area contributed by atoms with Crippen LogP contribution in [-0.2, 0) is 11.2 Å². The van der Waals surface area contributed by atoms with E-state index in [1.807, 2.05) is 25.1 Å². The van der Waals surface area contributed by atoms with Gasteiger partial charge in [-0.2, -0.15) is 0 Å². The lowest BCUT2D eigenvalue weighted by Crippen LogP contribution is -2.39. The molecular weight excluding hydrogens is 480 g/mol. The number of anilines is 2. The van der Waals surface area contributed by atoms with Gasteiger partial charge in [0.25, 0.3) is 5.91 Å². The molecule has 2 aliphatic rings. The molecular formula is C27H31ClN4O4. The zero-order valence-corrected chi connectivity index (χ0v) is 21.3. The molecule has 8 nitrogen and oxygen atoms in total. The number of aromatic nitrogens is 2. The minimum atomic E-state index is -0.138. The highest BCUT2D eigenvalue weighted by Gasteiger charge is 2.31. The van der Waals surface area contributed by atoms with Crippen molar-refractivity contribution >= 4 is 28.9 Å². The zero-order valence-electron chi connectivity index (χ0n) is 20.5. The fraction of sp³-hybridized carbons (Fsp3) is 0.407. The molecule has 2 aliphatic heterocycles. The van der Waals surface area contributed by atoms with Crippen molar-refractivity contribution in [2.24, 2.45) is 0 Å². The van der Waals surface area contributed by atoms with Gasteiger partial charge in [-0.3, -0.25) is 9.78 Å². The number of benzene rings is 1. The van der Waals surface area contributed by atoms with E-state index in [-0.39, 0.29) is 18.1 Å². The minimum absolute atomic E-state index is 0.0220. The Morgan fingerprint density at radius 3 is 2.97 bits per heavy atom. The van der Waals surface area contributed by atoms with Crippen LogP contribution in [0.25, 0.3) is 11.3 Å². The number of methoxy groups -OCH3 is 1. The molecule has 2 atom stereocenters. The van der Waals surface area contributed by atoms with Gasteiger partial charge in [-0.05, 0) is 44.4 Å². The summed E-state index contributed by atoms with van der Waals surface area (Å²) in [5, 5.41) is 6.94. The fourth-order valence-electron chi connectivity index (χ4n) is 4.92. The molecule has 0 spiro atoms. The maximum absolute atomic E-state index is 13.1. The van der Waals surface area contributed by atoms with Crippen LogP contribution < -0.4 is 20.1 Å². The van der Waals surface area contributed by atoms with Gasteiger partial charge in [-0.15, -0.1) is 0 Å². The molecule has 1 aromatic carbocycles. The number of nitrogens with one attached hydrogen (secondary N) is 3. The Morgan fingerprint density at radius 1 is 1.28 bits per heavy atom. The van der Waals surface area contributed by atoms with Crippen LogP contribution in [-0.4, -0.2) is 48.3 Å². The summed E-state index contributed by atoms with van der Waals surface area (Å²) in [6, 6.07) is 7.38. The Hall–Kier alpha value is -3.23. The van der Waals surface area contributed by atoms with E-state index in [1.54, 1.807) is 25.6 Å². The molecule has 0 saturated carbocycles. The monoisotopic (exact) mass is 510 g/mol. The Balaban J connectivity index is 1.51. The Morgan fingerprint density at radius 2 is 2.17 bits per heavy atom. The van der Waals surface area contributed by atoms with Gasteiger partial charge >= 0.3 is 0 Å². The number of H-pyrrole nitrogens is 1. The number of hydrogen-bond acceptors (Lipinski definition) is 6. The highest BCUT2D eigenvalue weighted by Crippen LogP contribution is 2.43. The van der Waals surface area contributed by atoms with Crippen molar-refractivity contribution in [1.82, 2.24) is 15.3 Å². The molecule has 0 aliphatic carbocycles. The van der Waals surface area contributed by atoms with E-state index >= 15 is 0 Å². The van der Waals surface area contributed by atoms with E-state index in [0.717, 1.165) is 42.8 Å². The molecule has 3 N–H and O–H groups in total. The van der Waals surface area contributed by atoms with E-state index in [9.17, 15) is 4.79 Å². The number of halogens is 1. The van der Waals surface area contributed by atoms with E-state index in [0.29, 0.717) is 46.5 Å². The van der Waals surface area contributed by atoms with Crippen LogP contribution in [0.15, 0.2) is 36.7 Å². The second kappa shape index (κ2) is 10.8. The normalized spacial score (nSPS) is 19.4. The predicted molar refractivity (Wildman–Crippen MR) is 140 cm³/mol. The van der Waals surface area contributed by atoms with Gasteiger partial charge in [-0.25, -0.2) is 0 Å². The van der Waals surface area contributed by atoms with E-state index < -0.39 is 0 Å². The minimum Gasteiger partial charge on any atom is -0.493 e. The number of amides is 1. The van der Waals surface area contributed by atoms with Gasteiger partial charge < -0.3 is 29.8 Å². The van der Waals surface area contributed by atoms with Gasteiger partial charge in [0.05, 0.1) is 53.7 Å². The van der Waals surface area contributed by atoms with E-state index in [4.69, 9.17) is 25.8 Å². The number of para-hydroxylation sites is 1. The third kappa shape index (κ3) is 5.01. The molecule has 2 aromatic heterocycles. The average Bonchev–Trinajstić information content (AvgIpc) is 3.23. The summed E-state index contributed by atoms with van der Waals surface area (Å²) in [6.45, 7) is 3.33. The van der Waals surface area contributed by atoms with Crippen LogP contribution in [0.1, 0.15) is 48.7 Å². The number of carbonyl (C=O) groups is 1. The van der Waals surface area contributed by atoms with Crippen LogP contribution in [0.5, 0.6) is 11.5 Å². The number of pyridine rings is 1. The topological polar surface area (TPSA) is 97.5 Å². The quantitative estimate of drug-likeness (QED) is 0.370. The molecule has 9 heteroatoms. The number of rotatable bonds is 8. The summed E-state index contributed by atoms with van der Waals surface area (Å²) in [6.07, 6.45) is 8.55. The van der Waals surface area contributed by atoms with Crippen LogP contribution in [0.2, 0.25) is 5.02 Å². The molecule has 3 aromatic rings. The molecule has 190 valence electrons. The van der Waals surface area contributed by atoms with Crippen LogP contribution in [0.4, 0.5) is 11.4 Å². The number of fused-ring (bicyclic) bond motifs is 1. The lowest BCUT2D eigenvalue weighted by atomic mass is 10.0. The van der Waals surface area contributed by atoms with Gasteiger partial charge in [-0.1, -0.05) is 17.7 Å². The third-order valence-electron chi connectivity index (χ3n) is 6.65. The van der Waals surface area contributed by atoms with Crippen molar-refractivity contribution in [2.45, 2.75) is 51.2 Å². The number of ether oxygens (including phenoxy) is 3. The summed E-state index contributed by atoms with van der Waals surface area (Å²) in [4.78, 5) is 20.9. The molecule has 36 heavy (non-hydrogen) atoms. The molecule has 1 saturated heterocycles. The molecule has 5 rings (SSSR count). The van der Waals surface area contributed by atoms with Crippen LogP contribution in [0, 0.1) is 0 Å². The average molecular weight is 511 g/mol. The predicted octanol–water partition coefficient (Wildman–Crippen LogP) is 5.49. The molecule has 1 amide bonds. The van der Waals surface area contributed by atoms with Crippen molar-refractivity contribution in [2.75, 3.05) is 25.6 Å². The van der Waals surface area contributed by atoms with E-state index in [1.165, 1.54) is 6.42 Å². The Bertz CT molecular complexity index is 1240. The summed E-state index contributed by atoms with van der Waals surface area (Å²) in [5.41, 5.74) is 4.30. The van der Waals surface area contributed by atoms with Gasteiger partial charge in [0, 0.05) is 42.9 Å². The van der Waals surface area contributed by atoms with Crippen molar-refractivity contribution in [3.05, 3.63) is 52.9 Å². The smallest absolute Gasteiger partial charge is 0.255 e. The Kier molecular flexibility index (Phi) is 7.34. The summed E-state index contributed by atoms with van der Waals surface area (Å²) >= 11 is 6.37. The molecule has 0 bridgehead atoms. The van der Waals surface area contributed by atoms with Crippen molar-refractivity contribution in [3.63, 3.8) is 0 Å². The number of hydrogen-bond donors (Lipinski definition) is 3. The lowest BCUT2D eigenvalue weighted by Gasteiger charge is -2.22. The maximum atomic E-state index is 13.1. The first-order chi connectivity index (χ1) is 17.5. The number of carbonyl (C=O) groups excluding carboxylic acids is 1. The van der Waals surface area contributed by atoms with Gasteiger partial charge in [0.2, 0.25) is 0 Å². The SMILES string of the molecule is COc1c(Cl)cccc1Nc1c(-c2ccncc2OCC[C@H]2CCCCO2)[nH]c2c1C(=O)N[C@H](C)C2. The van der Waals surface area contributed by atoms with Crippen molar-refractivity contribution in [1.29, 1.82) is 0 Å². The first-order valence-corrected chi connectivity index (χ1v) is 12.8. The van der Waals surface area contributed by atoms with Gasteiger partial charge in [0.15, 0.2) is 5.75 Å². The van der Waals surface area contributed by atoms with Gasteiger partial charge in [0.1, 0.15) is 5.75 Å². The second-order valence-electron chi connectivity index (χ2n) is 9.25. The van der Waals surface area contributed by atoms with Crippen molar-refractivity contribution < 1.29 is 19.0 Å².